The normalized spacial score (nSPS) is 18.6. The Bertz CT molecular complexity index is 507. The molecule has 0 radical (unpaired) electrons. The highest BCUT2D eigenvalue weighted by molar-refractivity contribution is 7.54. The Kier molecular flexibility index (Phi) is 9.10. The predicted molar refractivity (Wildman–Crippen MR) is 102 cm³/mol. The lowest BCUT2D eigenvalue weighted by atomic mass is 9.96. The molecule has 2 rings (SSSR count). The van der Waals surface area contributed by atoms with Gasteiger partial charge in [-0.1, -0.05) is 49.6 Å². The van der Waals surface area contributed by atoms with E-state index in [1.165, 1.54) is 19.3 Å². The minimum Gasteiger partial charge on any atom is -0.301 e. The molecule has 24 heavy (non-hydrogen) atoms. The van der Waals surface area contributed by atoms with Crippen LogP contribution in [0.2, 0.25) is 0 Å². The highest BCUT2D eigenvalue weighted by Gasteiger charge is 2.34. The van der Waals surface area contributed by atoms with Gasteiger partial charge in [0.05, 0.1) is 6.61 Å². The maximum atomic E-state index is 13.6. The molecule has 7 heteroatoms. The number of alkyl halides is 2. The number of halogens is 2. The Labute approximate surface area is 155 Å². The SMILES string of the molecule is O=P(NC1CCCCC1)(OCc1ccccc1)N(CCCl)CCCl. The van der Waals surface area contributed by atoms with Crippen molar-refractivity contribution in [3.63, 3.8) is 0 Å². The summed E-state index contributed by atoms with van der Waals surface area (Å²) in [4.78, 5) is 0. The molecule has 1 aliphatic carbocycles. The maximum absolute atomic E-state index is 13.6. The van der Waals surface area contributed by atoms with Crippen molar-refractivity contribution in [1.29, 1.82) is 0 Å². The zero-order valence-electron chi connectivity index (χ0n) is 14.0. The van der Waals surface area contributed by atoms with Gasteiger partial charge < -0.3 is 4.52 Å². The van der Waals surface area contributed by atoms with Gasteiger partial charge in [-0.15, -0.1) is 23.2 Å². The Hall–Kier alpha value is -0.0900. The first kappa shape index (κ1) is 20.2. The van der Waals surface area contributed by atoms with Gasteiger partial charge in [-0.25, -0.2) is 9.76 Å². The standard InChI is InChI=1S/C17H27Cl2N2O2P/c18-11-13-21(14-12-19)24(22,20-17-9-5-2-6-10-17)23-15-16-7-3-1-4-8-16/h1,3-4,7-8,17H,2,5-6,9-15H2,(H,20,22). The van der Waals surface area contributed by atoms with E-state index in [0.29, 0.717) is 31.5 Å². The van der Waals surface area contributed by atoms with Gasteiger partial charge in [-0.05, 0) is 18.4 Å². The molecular weight excluding hydrogens is 366 g/mol. The number of rotatable bonds is 10. The van der Waals surface area contributed by atoms with Crippen molar-refractivity contribution < 1.29 is 9.09 Å². The highest BCUT2D eigenvalue weighted by Crippen LogP contribution is 2.48. The fourth-order valence-electron chi connectivity index (χ4n) is 2.97. The summed E-state index contributed by atoms with van der Waals surface area (Å²) >= 11 is 11.8. The minimum absolute atomic E-state index is 0.230. The quantitative estimate of drug-likeness (QED) is 0.448. The molecule has 1 aliphatic rings. The van der Waals surface area contributed by atoms with Crippen LogP contribution in [-0.4, -0.2) is 35.6 Å². The van der Waals surface area contributed by atoms with Gasteiger partial charge in [0.1, 0.15) is 0 Å². The fraction of sp³-hybridized carbons (Fsp3) is 0.647. The first-order chi connectivity index (χ1) is 11.7. The number of nitrogens with one attached hydrogen (secondary N) is 1. The van der Waals surface area contributed by atoms with Gasteiger partial charge in [0.2, 0.25) is 0 Å². The van der Waals surface area contributed by atoms with Crippen LogP contribution in [0.5, 0.6) is 0 Å². The molecule has 1 atom stereocenters. The zero-order chi connectivity index (χ0) is 17.3. The van der Waals surface area contributed by atoms with Crippen LogP contribution in [-0.2, 0) is 15.7 Å². The minimum atomic E-state index is -3.18. The second-order valence-electron chi connectivity index (χ2n) is 6.08. The summed E-state index contributed by atoms with van der Waals surface area (Å²) in [7, 11) is -3.18. The Morgan fingerprint density at radius 1 is 1.08 bits per heavy atom. The van der Waals surface area contributed by atoms with Crippen LogP contribution in [0.25, 0.3) is 0 Å². The summed E-state index contributed by atoms with van der Waals surface area (Å²) in [6.45, 7) is 1.28. The van der Waals surface area contributed by atoms with E-state index in [2.05, 4.69) is 5.09 Å². The largest absolute Gasteiger partial charge is 0.344 e. The average molecular weight is 393 g/mol. The maximum Gasteiger partial charge on any atom is 0.344 e. The number of benzene rings is 1. The molecule has 1 aromatic carbocycles. The first-order valence-corrected chi connectivity index (χ1v) is 11.3. The monoisotopic (exact) mass is 392 g/mol. The zero-order valence-corrected chi connectivity index (χ0v) is 16.4. The molecule has 1 unspecified atom stereocenters. The van der Waals surface area contributed by atoms with Gasteiger partial charge in [0, 0.05) is 30.9 Å². The van der Waals surface area contributed by atoms with Gasteiger partial charge in [0.15, 0.2) is 0 Å². The van der Waals surface area contributed by atoms with E-state index < -0.39 is 7.67 Å². The smallest absolute Gasteiger partial charge is 0.301 e. The van der Waals surface area contributed by atoms with Crippen LogP contribution in [0, 0.1) is 0 Å². The Morgan fingerprint density at radius 3 is 2.29 bits per heavy atom. The lowest BCUT2D eigenvalue weighted by Crippen LogP contribution is -2.38. The van der Waals surface area contributed by atoms with Crippen LogP contribution < -0.4 is 5.09 Å². The molecule has 0 saturated heterocycles. The Morgan fingerprint density at radius 2 is 1.71 bits per heavy atom. The highest BCUT2D eigenvalue weighted by atomic mass is 35.5. The van der Waals surface area contributed by atoms with E-state index >= 15 is 0 Å². The first-order valence-electron chi connectivity index (χ1n) is 8.61. The van der Waals surface area contributed by atoms with E-state index in [9.17, 15) is 4.57 Å². The van der Waals surface area contributed by atoms with Crippen LogP contribution in [0.3, 0.4) is 0 Å². The van der Waals surface area contributed by atoms with E-state index in [4.69, 9.17) is 27.7 Å². The lowest BCUT2D eigenvalue weighted by Gasteiger charge is -2.34. The van der Waals surface area contributed by atoms with Crippen LogP contribution in [0.1, 0.15) is 37.7 Å². The molecule has 0 aliphatic heterocycles. The molecule has 1 N–H and O–H groups in total. The summed E-state index contributed by atoms with van der Waals surface area (Å²) in [6.07, 6.45) is 5.66. The third kappa shape index (κ3) is 6.33. The summed E-state index contributed by atoms with van der Waals surface area (Å²) in [5.41, 5.74) is 1.000. The van der Waals surface area contributed by atoms with E-state index in [1.807, 2.05) is 30.3 Å². The van der Waals surface area contributed by atoms with Crippen LogP contribution in [0.15, 0.2) is 30.3 Å². The van der Waals surface area contributed by atoms with E-state index in [1.54, 1.807) is 4.67 Å². The summed E-state index contributed by atoms with van der Waals surface area (Å²) in [5.74, 6) is 0.782. The fourth-order valence-corrected chi connectivity index (χ4v) is 5.78. The van der Waals surface area contributed by atoms with Crippen molar-refractivity contribution in [2.45, 2.75) is 44.8 Å². The van der Waals surface area contributed by atoms with Crippen molar-refractivity contribution in [2.24, 2.45) is 0 Å². The molecule has 1 fully saturated rings. The second kappa shape index (κ2) is 10.8. The molecule has 0 amide bonds. The molecular formula is C17H27Cl2N2O2P. The number of hydrogen-bond donors (Lipinski definition) is 1. The summed E-state index contributed by atoms with van der Waals surface area (Å²) in [6, 6.07) is 10.0. The third-order valence-corrected chi connectivity index (χ3v) is 6.91. The van der Waals surface area contributed by atoms with Crippen molar-refractivity contribution in [3.05, 3.63) is 35.9 Å². The molecule has 136 valence electrons. The summed E-state index contributed by atoms with van der Waals surface area (Å²) < 4.78 is 21.3. The lowest BCUT2D eigenvalue weighted by molar-refractivity contribution is 0.238. The molecule has 1 saturated carbocycles. The van der Waals surface area contributed by atoms with E-state index in [-0.39, 0.29) is 6.04 Å². The van der Waals surface area contributed by atoms with Gasteiger partial charge in [-0.3, -0.25) is 4.57 Å². The van der Waals surface area contributed by atoms with Gasteiger partial charge in [-0.2, -0.15) is 0 Å². The molecule has 0 heterocycles. The molecule has 0 bridgehead atoms. The second-order valence-corrected chi connectivity index (χ2v) is 8.95. The summed E-state index contributed by atoms with van der Waals surface area (Å²) in [5, 5.41) is 3.31. The van der Waals surface area contributed by atoms with Crippen molar-refractivity contribution in [2.75, 3.05) is 24.8 Å². The predicted octanol–water partition coefficient (Wildman–Crippen LogP) is 5.01. The third-order valence-electron chi connectivity index (χ3n) is 4.26. The molecule has 0 spiro atoms. The number of nitrogens with zero attached hydrogens (tertiary/aromatic N) is 1. The Balaban J connectivity index is 2.09. The number of hydrogen-bond acceptors (Lipinski definition) is 2. The van der Waals surface area contributed by atoms with Crippen molar-refractivity contribution in [1.82, 2.24) is 9.76 Å². The van der Waals surface area contributed by atoms with Gasteiger partial charge in [0.25, 0.3) is 0 Å². The van der Waals surface area contributed by atoms with Crippen LogP contribution in [0.4, 0.5) is 0 Å². The average Bonchev–Trinajstić information content (AvgIpc) is 2.62. The molecule has 0 aromatic heterocycles. The topological polar surface area (TPSA) is 41.6 Å². The van der Waals surface area contributed by atoms with Crippen molar-refractivity contribution in [3.8, 4) is 0 Å². The van der Waals surface area contributed by atoms with E-state index in [0.717, 1.165) is 18.4 Å². The van der Waals surface area contributed by atoms with Gasteiger partial charge >= 0.3 is 7.67 Å². The van der Waals surface area contributed by atoms with Crippen LogP contribution >= 0.6 is 30.9 Å². The molecule has 4 nitrogen and oxygen atoms in total. The molecule has 1 aromatic rings. The van der Waals surface area contributed by atoms with Crippen molar-refractivity contribution >= 4 is 30.9 Å².